The highest BCUT2D eigenvalue weighted by Crippen LogP contribution is 2.21. The molecular formula is C20H34N2O6S2. The van der Waals surface area contributed by atoms with Gasteiger partial charge in [0, 0.05) is 19.0 Å². The lowest BCUT2D eigenvalue weighted by molar-refractivity contribution is -0.143. The van der Waals surface area contributed by atoms with E-state index in [1.165, 1.54) is 0 Å². The molecular weight excluding hydrogens is 428 g/mol. The second-order valence-electron chi connectivity index (χ2n) is 7.63. The molecule has 30 heavy (non-hydrogen) atoms. The van der Waals surface area contributed by atoms with Crippen LogP contribution in [0.5, 0.6) is 0 Å². The summed E-state index contributed by atoms with van der Waals surface area (Å²) in [7, 11) is -6.76. The van der Waals surface area contributed by atoms with Crippen LogP contribution in [-0.2, 0) is 36.0 Å². The number of rotatable bonds is 13. The summed E-state index contributed by atoms with van der Waals surface area (Å²) < 4.78 is 58.0. The predicted molar refractivity (Wildman–Crippen MR) is 118 cm³/mol. The van der Waals surface area contributed by atoms with Crippen LogP contribution in [0.25, 0.3) is 0 Å². The molecule has 1 rings (SSSR count). The van der Waals surface area contributed by atoms with E-state index in [2.05, 4.69) is 9.44 Å². The first kappa shape index (κ1) is 26.5. The number of ether oxygens (including phenoxy) is 1. The standard InChI is InChI=1S/C20H34N2O6S2/c1-6-28-20(23)13-19(14-22-30(26,27)16(4)5)18-9-7-17(8-10-18)11-12-21-29(24,25)15(2)3/h7-10,15-16,19,21-22H,6,11-14H2,1-5H3. The van der Waals surface area contributed by atoms with Crippen molar-refractivity contribution in [2.24, 2.45) is 0 Å². The SMILES string of the molecule is CCOC(=O)CC(CNS(=O)(=O)C(C)C)c1ccc(CCNS(=O)(=O)C(C)C)cc1. The van der Waals surface area contributed by atoms with E-state index in [1.54, 1.807) is 34.6 Å². The summed E-state index contributed by atoms with van der Waals surface area (Å²) in [5.41, 5.74) is 1.74. The second kappa shape index (κ2) is 11.8. The van der Waals surface area contributed by atoms with Crippen molar-refractivity contribution in [1.29, 1.82) is 0 Å². The molecule has 0 spiro atoms. The van der Waals surface area contributed by atoms with Gasteiger partial charge in [0.1, 0.15) is 0 Å². The number of hydrogen-bond acceptors (Lipinski definition) is 6. The quantitative estimate of drug-likeness (QED) is 0.432. The Balaban J connectivity index is 2.85. The van der Waals surface area contributed by atoms with Crippen LogP contribution in [0.3, 0.4) is 0 Å². The number of nitrogens with one attached hydrogen (secondary N) is 2. The van der Waals surface area contributed by atoms with Crippen molar-refractivity contribution in [3.63, 3.8) is 0 Å². The maximum absolute atomic E-state index is 12.1. The molecule has 172 valence electrons. The first-order chi connectivity index (χ1) is 13.9. The Morgan fingerprint density at radius 3 is 1.97 bits per heavy atom. The van der Waals surface area contributed by atoms with E-state index < -0.39 is 36.5 Å². The third kappa shape index (κ3) is 8.71. The van der Waals surface area contributed by atoms with Gasteiger partial charge in [-0.1, -0.05) is 24.3 Å². The number of hydrogen-bond donors (Lipinski definition) is 2. The van der Waals surface area contributed by atoms with Crippen LogP contribution in [0, 0.1) is 0 Å². The monoisotopic (exact) mass is 462 g/mol. The molecule has 0 aromatic heterocycles. The minimum atomic E-state index is -3.46. The zero-order chi connectivity index (χ0) is 22.9. The Morgan fingerprint density at radius 1 is 0.933 bits per heavy atom. The molecule has 1 atom stereocenters. The summed E-state index contributed by atoms with van der Waals surface area (Å²) in [4.78, 5) is 12.0. The molecule has 0 saturated carbocycles. The van der Waals surface area contributed by atoms with Crippen LogP contribution < -0.4 is 9.44 Å². The molecule has 0 aliphatic rings. The van der Waals surface area contributed by atoms with Gasteiger partial charge in [0.05, 0.1) is 23.5 Å². The summed E-state index contributed by atoms with van der Waals surface area (Å²) in [6.07, 6.45) is 0.580. The fourth-order valence-electron chi connectivity index (χ4n) is 2.57. The molecule has 1 aromatic rings. The number of esters is 1. The van der Waals surface area contributed by atoms with E-state index in [-0.39, 0.29) is 25.5 Å². The van der Waals surface area contributed by atoms with Gasteiger partial charge in [-0.05, 0) is 52.2 Å². The minimum Gasteiger partial charge on any atom is -0.466 e. The molecule has 0 amide bonds. The lowest BCUT2D eigenvalue weighted by Gasteiger charge is -2.19. The normalized spacial score (nSPS) is 13.6. The van der Waals surface area contributed by atoms with Crippen LogP contribution >= 0.6 is 0 Å². The Morgan fingerprint density at radius 2 is 1.47 bits per heavy atom. The molecule has 0 heterocycles. The van der Waals surface area contributed by atoms with Crippen molar-refractivity contribution in [3.8, 4) is 0 Å². The number of carbonyl (C=O) groups is 1. The minimum absolute atomic E-state index is 0.0575. The van der Waals surface area contributed by atoms with Crippen LogP contribution in [0.4, 0.5) is 0 Å². The molecule has 0 saturated heterocycles. The zero-order valence-electron chi connectivity index (χ0n) is 18.3. The Kier molecular flexibility index (Phi) is 10.4. The van der Waals surface area contributed by atoms with Crippen LogP contribution in [0.2, 0.25) is 0 Å². The van der Waals surface area contributed by atoms with Crippen molar-refractivity contribution in [2.75, 3.05) is 19.7 Å². The molecule has 2 N–H and O–H groups in total. The predicted octanol–water partition coefficient (Wildman–Crippen LogP) is 1.92. The van der Waals surface area contributed by atoms with Crippen LogP contribution in [0.1, 0.15) is 58.1 Å². The topological polar surface area (TPSA) is 119 Å². The van der Waals surface area contributed by atoms with Gasteiger partial charge in [-0.2, -0.15) is 0 Å². The highest BCUT2D eigenvalue weighted by molar-refractivity contribution is 7.90. The van der Waals surface area contributed by atoms with Gasteiger partial charge in [0.15, 0.2) is 0 Å². The zero-order valence-corrected chi connectivity index (χ0v) is 20.0. The molecule has 0 aliphatic carbocycles. The van der Waals surface area contributed by atoms with Gasteiger partial charge in [0.25, 0.3) is 0 Å². The van der Waals surface area contributed by atoms with Crippen molar-refractivity contribution >= 4 is 26.0 Å². The Hall–Kier alpha value is -1.49. The summed E-state index contributed by atoms with van der Waals surface area (Å²) >= 11 is 0. The first-order valence-electron chi connectivity index (χ1n) is 10.1. The number of benzene rings is 1. The maximum atomic E-state index is 12.1. The number of sulfonamides is 2. The third-order valence-electron chi connectivity index (χ3n) is 4.66. The molecule has 1 unspecified atom stereocenters. The molecule has 0 fully saturated rings. The van der Waals surface area contributed by atoms with E-state index in [0.717, 1.165) is 11.1 Å². The van der Waals surface area contributed by atoms with E-state index in [1.807, 2.05) is 24.3 Å². The van der Waals surface area contributed by atoms with Gasteiger partial charge in [0.2, 0.25) is 20.0 Å². The Bertz CT molecular complexity index is 878. The maximum Gasteiger partial charge on any atom is 0.306 e. The van der Waals surface area contributed by atoms with E-state index >= 15 is 0 Å². The van der Waals surface area contributed by atoms with Gasteiger partial charge >= 0.3 is 5.97 Å². The van der Waals surface area contributed by atoms with Gasteiger partial charge < -0.3 is 4.74 Å². The molecule has 1 aromatic carbocycles. The summed E-state index contributed by atoms with van der Waals surface area (Å²) in [5, 5.41) is -1.06. The third-order valence-corrected chi connectivity index (χ3v) is 8.32. The van der Waals surface area contributed by atoms with Crippen LogP contribution in [-0.4, -0.2) is 53.0 Å². The largest absolute Gasteiger partial charge is 0.466 e. The molecule has 8 nitrogen and oxygen atoms in total. The molecule has 0 radical (unpaired) electrons. The fraction of sp³-hybridized carbons (Fsp3) is 0.650. The first-order valence-corrected chi connectivity index (χ1v) is 13.2. The second-order valence-corrected chi connectivity index (χ2v) is 12.3. The lowest BCUT2D eigenvalue weighted by Crippen LogP contribution is -2.34. The van der Waals surface area contributed by atoms with E-state index in [0.29, 0.717) is 13.0 Å². The highest BCUT2D eigenvalue weighted by Gasteiger charge is 2.22. The van der Waals surface area contributed by atoms with E-state index in [4.69, 9.17) is 4.74 Å². The number of carbonyl (C=O) groups excluding carboxylic acids is 1. The fourth-order valence-corrected chi connectivity index (χ4v) is 4.06. The summed E-state index contributed by atoms with van der Waals surface area (Å²) in [5.74, 6) is -0.760. The van der Waals surface area contributed by atoms with Crippen molar-refractivity contribution < 1.29 is 26.4 Å². The smallest absolute Gasteiger partial charge is 0.306 e. The highest BCUT2D eigenvalue weighted by atomic mass is 32.2. The average Bonchev–Trinajstić information content (AvgIpc) is 2.65. The molecule has 10 heteroatoms. The van der Waals surface area contributed by atoms with Crippen LogP contribution in [0.15, 0.2) is 24.3 Å². The molecule has 0 aliphatic heterocycles. The summed E-state index contributed by atoms with van der Waals surface area (Å²) in [6.45, 7) is 8.77. The van der Waals surface area contributed by atoms with Crippen molar-refractivity contribution in [3.05, 3.63) is 35.4 Å². The Labute approximate surface area is 180 Å². The van der Waals surface area contributed by atoms with Crippen molar-refractivity contribution in [1.82, 2.24) is 9.44 Å². The van der Waals surface area contributed by atoms with Gasteiger partial charge in [-0.15, -0.1) is 0 Å². The average molecular weight is 463 g/mol. The lowest BCUT2D eigenvalue weighted by atomic mass is 9.94. The van der Waals surface area contributed by atoms with Gasteiger partial charge in [-0.3, -0.25) is 4.79 Å². The van der Waals surface area contributed by atoms with Gasteiger partial charge in [-0.25, -0.2) is 26.3 Å². The van der Waals surface area contributed by atoms with Crippen molar-refractivity contribution in [2.45, 2.75) is 63.9 Å². The molecule has 0 bridgehead atoms. The summed E-state index contributed by atoms with van der Waals surface area (Å²) in [6, 6.07) is 7.38. The van der Waals surface area contributed by atoms with E-state index in [9.17, 15) is 21.6 Å².